The molecule has 1 heterocycles. The van der Waals surface area contributed by atoms with Gasteiger partial charge in [0.25, 0.3) is 0 Å². The van der Waals surface area contributed by atoms with Gasteiger partial charge in [-0.05, 0) is 5.41 Å². The van der Waals surface area contributed by atoms with Gasteiger partial charge >= 0.3 is 0 Å². The third-order valence-electron chi connectivity index (χ3n) is 3.26. The zero-order chi connectivity index (χ0) is 11.1. The van der Waals surface area contributed by atoms with Crippen molar-refractivity contribution in [3.8, 4) is 0 Å². The van der Waals surface area contributed by atoms with E-state index in [0.29, 0.717) is 6.61 Å². The van der Waals surface area contributed by atoms with E-state index in [9.17, 15) is 5.11 Å². The second-order valence-electron chi connectivity index (χ2n) is 6.39. The molecule has 1 rings (SSSR count). The van der Waals surface area contributed by atoms with Crippen LogP contribution in [0.5, 0.6) is 0 Å². The first-order valence-electron chi connectivity index (χ1n) is 5.46. The summed E-state index contributed by atoms with van der Waals surface area (Å²) in [5.74, 6) is 0.207. The number of aliphatic hydroxyl groups excluding tert-OH is 1. The number of rotatable bonds is 0. The Kier molecular flexibility index (Phi) is 2.99. The molecule has 0 aromatic carbocycles. The van der Waals surface area contributed by atoms with Gasteiger partial charge < -0.3 is 9.84 Å². The van der Waals surface area contributed by atoms with Gasteiger partial charge in [0.05, 0.1) is 18.8 Å². The van der Waals surface area contributed by atoms with Crippen LogP contribution in [0.15, 0.2) is 0 Å². The van der Waals surface area contributed by atoms with Gasteiger partial charge in [-0.3, -0.25) is 0 Å². The molecule has 84 valence electrons. The number of hydrogen-bond donors (Lipinski definition) is 1. The highest BCUT2D eigenvalue weighted by molar-refractivity contribution is 4.93. The SMILES string of the molecule is CC1C(C(C)(C)C)OCC(C)(C)C1O. The van der Waals surface area contributed by atoms with Crippen LogP contribution in [0.1, 0.15) is 41.5 Å². The van der Waals surface area contributed by atoms with E-state index in [1.165, 1.54) is 0 Å². The first-order valence-corrected chi connectivity index (χ1v) is 5.46. The molecule has 0 aromatic heterocycles. The molecule has 0 aromatic rings. The first kappa shape index (κ1) is 12.0. The molecule has 0 saturated carbocycles. The maximum atomic E-state index is 10.2. The average Bonchev–Trinajstić information content (AvgIpc) is 1.97. The van der Waals surface area contributed by atoms with Crippen molar-refractivity contribution in [1.29, 1.82) is 0 Å². The molecule has 0 bridgehead atoms. The largest absolute Gasteiger partial charge is 0.392 e. The summed E-state index contributed by atoms with van der Waals surface area (Å²) in [5.41, 5.74) is -0.00192. The van der Waals surface area contributed by atoms with E-state index < -0.39 is 0 Å². The summed E-state index contributed by atoms with van der Waals surface area (Å²) < 4.78 is 5.88. The van der Waals surface area contributed by atoms with Crippen LogP contribution in [-0.4, -0.2) is 23.9 Å². The number of ether oxygens (including phenoxy) is 1. The summed E-state index contributed by atoms with van der Waals surface area (Å²) in [5, 5.41) is 10.2. The van der Waals surface area contributed by atoms with Gasteiger partial charge in [-0.15, -0.1) is 0 Å². The van der Waals surface area contributed by atoms with Crippen LogP contribution in [0.3, 0.4) is 0 Å². The van der Waals surface area contributed by atoms with E-state index in [4.69, 9.17) is 4.74 Å². The topological polar surface area (TPSA) is 29.5 Å². The monoisotopic (exact) mass is 200 g/mol. The molecule has 1 aliphatic heterocycles. The summed E-state index contributed by atoms with van der Waals surface area (Å²) in [6.07, 6.45) is -0.106. The fraction of sp³-hybridized carbons (Fsp3) is 1.00. The van der Waals surface area contributed by atoms with Crippen LogP contribution >= 0.6 is 0 Å². The third kappa shape index (κ3) is 2.12. The molecule has 14 heavy (non-hydrogen) atoms. The van der Waals surface area contributed by atoms with E-state index in [1.54, 1.807) is 0 Å². The Morgan fingerprint density at radius 3 is 2.21 bits per heavy atom. The standard InChI is InChI=1S/C12H24O2/c1-8-9(13)12(5,6)7-14-10(8)11(2,3)4/h8-10,13H,7H2,1-6H3. The summed E-state index contributed by atoms with van der Waals surface area (Å²) >= 11 is 0. The summed E-state index contributed by atoms with van der Waals surface area (Å²) in [7, 11) is 0. The van der Waals surface area contributed by atoms with Crippen molar-refractivity contribution < 1.29 is 9.84 Å². The summed E-state index contributed by atoms with van der Waals surface area (Å²) in [6.45, 7) is 13.4. The lowest BCUT2D eigenvalue weighted by molar-refractivity contribution is -0.185. The normalized spacial score (nSPS) is 38.4. The van der Waals surface area contributed by atoms with Crippen LogP contribution < -0.4 is 0 Å². The Bertz CT molecular complexity index is 203. The summed E-state index contributed by atoms with van der Waals surface area (Å²) in [6, 6.07) is 0. The van der Waals surface area contributed by atoms with Gasteiger partial charge in [-0.1, -0.05) is 41.5 Å². The second-order valence-corrected chi connectivity index (χ2v) is 6.39. The Balaban J connectivity index is 2.80. The van der Waals surface area contributed by atoms with Gasteiger partial charge in [0.1, 0.15) is 0 Å². The fourth-order valence-electron chi connectivity index (χ4n) is 2.46. The van der Waals surface area contributed by atoms with Crippen molar-refractivity contribution in [3.05, 3.63) is 0 Å². The lowest BCUT2D eigenvalue weighted by Crippen LogP contribution is -2.53. The minimum Gasteiger partial charge on any atom is -0.392 e. The van der Waals surface area contributed by atoms with Gasteiger partial charge in [0, 0.05) is 11.3 Å². The fourth-order valence-corrected chi connectivity index (χ4v) is 2.46. The highest BCUT2D eigenvalue weighted by Crippen LogP contribution is 2.40. The van der Waals surface area contributed by atoms with Crippen molar-refractivity contribution in [2.45, 2.75) is 53.8 Å². The van der Waals surface area contributed by atoms with Crippen molar-refractivity contribution >= 4 is 0 Å². The van der Waals surface area contributed by atoms with Gasteiger partial charge in [-0.25, -0.2) is 0 Å². The van der Waals surface area contributed by atoms with Gasteiger partial charge in [0.2, 0.25) is 0 Å². The van der Waals surface area contributed by atoms with Crippen molar-refractivity contribution in [2.24, 2.45) is 16.7 Å². The summed E-state index contributed by atoms with van der Waals surface area (Å²) in [4.78, 5) is 0. The minimum atomic E-state index is -0.263. The predicted molar refractivity (Wildman–Crippen MR) is 58.1 cm³/mol. The van der Waals surface area contributed by atoms with Crippen LogP contribution in [0.25, 0.3) is 0 Å². The highest BCUT2D eigenvalue weighted by Gasteiger charge is 2.45. The Hall–Kier alpha value is -0.0800. The molecule has 0 radical (unpaired) electrons. The average molecular weight is 200 g/mol. The second kappa shape index (κ2) is 3.49. The van der Waals surface area contributed by atoms with E-state index in [0.717, 1.165) is 0 Å². The van der Waals surface area contributed by atoms with Crippen LogP contribution in [0, 0.1) is 16.7 Å². The molecule has 3 unspecified atom stereocenters. The highest BCUT2D eigenvalue weighted by atomic mass is 16.5. The molecule has 1 fully saturated rings. The number of aliphatic hydroxyl groups is 1. The molecule has 1 aliphatic rings. The van der Waals surface area contributed by atoms with Gasteiger partial charge in [-0.2, -0.15) is 0 Å². The molecule has 1 N–H and O–H groups in total. The maximum Gasteiger partial charge on any atom is 0.0673 e. The maximum absolute atomic E-state index is 10.2. The molecular weight excluding hydrogens is 176 g/mol. The van der Waals surface area contributed by atoms with E-state index >= 15 is 0 Å². The van der Waals surface area contributed by atoms with Crippen molar-refractivity contribution in [3.63, 3.8) is 0 Å². The lowest BCUT2D eigenvalue weighted by atomic mass is 9.70. The van der Waals surface area contributed by atoms with Gasteiger partial charge in [0.15, 0.2) is 0 Å². The van der Waals surface area contributed by atoms with Crippen molar-refractivity contribution in [2.75, 3.05) is 6.61 Å². The molecule has 0 amide bonds. The zero-order valence-corrected chi connectivity index (χ0v) is 10.3. The number of hydrogen-bond acceptors (Lipinski definition) is 2. The van der Waals surface area contributed by atoms with E-state index in [2.05, 4.69) is 41.5 Å². The molecule has 1 saturated heterocycles. The third-order valence-corrected chi connectivity index (χ3v) is 3.26. The predicted octanol–water partition coefficient (Wildman–Crippen LogP) is 2.45. The molecule has 3 atom stereocenters. The van der Waals surface area contributed by atoms with E-state index in [-0.39, 0.29) is 29.0 Å². The zero-order valence-electron chi connectivity index (χ0n) is 10.3. The van der Waals surface area contributed by atoms with Crippen LogP contribution in [0.4, 0.5) is 0 Å². The quantitative estimate of drug-likeness (QED) is 0.651. The smallest absolute Gasteiger partial charge is 0.0673 e. The van der Waals surface area contributed by atoms with Crippen LogP contribution in [-0.2, 0) is 4.74 Å². The molecule has 2 heteroatoms. The lowest BCUT2D eigenvalue weighted by Gasteiger charge is -2.48. The Labute approximate surface area is 87.7 Å². The molecule has 0 aliphatic carbocycles. The minimum absolute atomic E-state index is 0.108. The van der Waals surface area contributed by atoms with Crippen LogP contribution in [0.2, 0.25) is 0 Å². The molecule has 2 nitrogen and oxygen atoms in total. The molecule has 0 spiro atoms. The Morgan fingerprint density at radius 1 is 1.29 bits per heavy atom. The van der Waals surface area contributed by atoms with E-state index in [1.807, 2.05) is 0 Å². The Morgan fingerprint density at radius 2 is 1.79 bits per heavy atom. The molecular formula is C12H24O2. The first-order chi connectivity index (χ1) is 6.16. The van der Waals surface area contributed by atoms with Crippen molar-refractivity contribution in [1.82, 2.24) is 0 Å².